The number of nitrogens with zero attached hydrogens (tertiary/aromatic N) is 2. The molecule has 0 saturated heterocycles. The molecular formula is C75H50N2S. The van der Waals surface area contributed by atoms with Crippen LogP contribution in [-0.2, 0) is 5.41 Å². The Labute approximate surface area is 457 Å². The molecule has 13 aromatic carbocycles. The maximum atomic E-state index is 2.45. The number of hydrogen-bond donors (Lipinski definition) is 0. The highest BCUT2D eigenvalue weighted by atomic mass is 32.1. The lowest BCUT2D eigenvalue weighted by atomic mass is 9.81. The lowest BCUT2D eigenvalue weighted by molar-refractivity contribution is 0.660. The molecule has 0 N–H and O–H groups in total. The summed E-state index contributed by atoms with van der Waals surface area (Å²) in [4.78, 5) is 2.45. The van der Waals surface area contributed by atoms with Gasteiger partial charge in [-0.2, -0.15) is 0 Å². The van der Waals surface area contributed by atoms with Crippen molar-refractivity contribution < 1.29 is 0 Å². The Kier molecular flexibility index (Phi) is 9.89. The smallest absolute Gasteiger partial charge is 0.0640 e. The lowest BCUT2D eigenvalue weighted by Gasteiger charge is -2.26. The summed E-state index contributed by atoms with van der Waals surface area (Å²) in [7, 11) is 0. The second kappa shape index (κ2) is 17.2. The van der Waals surface area contributed by atoms with Gasteiger partial charge >= 0.3 is 0 Å². The molecule has 0 bridgehead atoms. The Morgan fingerprint density at radius 2 is 0.782 bits per heavy atom. The van der Waals surface area contributed by atoms with Crippen LogP contribution in [0.25, 0.3) is 124 Å². The summed E-state index contributed by atoms with van der Waals surface area (Å²) >= 11 is 1.87. The van der Waals surface area contributed by atoms with Gasteiger partial charge in [-0.15, -0.1) is 11.3 Å². The molecule has 0 atom stereocenters. The fourth-order valence-corrected chi connectivity index (χ4v) is 14.4. The van der Waals surface area contributed by atoms with Crippen LogP contribution in [0, 0.1) is 0 Å². The average Bonchev–Trinajstić information content (AvgIpc) is 4.33. The van der Waals surface area contributed by atoms with E-state index in [2.05, 4.69) is 290 Å². The van der Waals surface area contributed by atoms with Crippen molar-refractivity contribution in [2.45, 2.75) is 19.3 Å². The molecule has 0 saturated carbocycles. The van der Waals surface area contributed by atoms with E-state index in [4.69, 9.17) is 0 Å². The summed E-state index contributed by atoms with van der Waals surface area (Å²) in [5.41, 5.74) is 19.5. The van der Waals surface area contributed by atoms with Gasteiger partial charge in [0.15, 0.2) is 0 Å². The Hall–Kier alpha value is -9.54. The van der Waals surface area contributed by atoms with Crippen molar-refractivity contribution in [3.63, 3.8) is 0 Å². The molecule has 2 heterocycles. The maximum absolute atomic E-state index is 2.45. The maximum Gasteiger partial charge on any atom is 0.0640 e. The zero-order chi connectivity index (χ0) is 51.6. The Morgan fingerprint density at radius 1 is 0.321 bits per heavy atom. The number of benzene rings is 13. The highest BCUT2D eigenvalue weighted by Crippen LogP contribution is 2.51. The van der Waals surface area contributed by atoms with E-state index in [0.29, 0.717) is 0 Å². The zero-order valence-corrected chi connectivity index (χ0v) is 44.0. The molecule has 0 spiro atoms. The molecule has 366 valence electrons. The van der Waals surface area contributed by atoms with Crippen LogP contribution in [0.2, 0.25) is 0 Å². The minimum atomic E-state index is -0.0706. The van der Waals surface area contributed by atoms with Crippen molar-refractivity contribution in [3.8, 4) is 50.2 Å². The molecule has 3 heteroatoms. The number of fused-ring (bicyclic) bond motifs is 15. The van der Waals surface area contributed by atoms with Crippen molar-refractivity contribution in [2.24, 2.45) is 0 Å². The summed E-state index contributed by atoms with van der Waals surface area (Å²) in [6.45, 7) is 4.73. The summed E-state index contributed by atoms with van der Waals surface area (Å²) in [5.74, 6) is 0. The number of rotatable bonds is 7. The molecule has 0 amide bonds. The predicted octanol–water partition coefficient (Wildman–Crippen LogP) is 21.4. The first-order valence-electron chi connectivity index (χ1n) is 27.1. The fraction of sp³-hybridized carbons (Fsp3) is 0.0400. The third-order valence-corrected chi connectivity index (χ3v) is 18.2. The first kappa shape index (κ1) is 44.7. The van der Waals surface area contributed by atoms with E-state index in [1.54, 1.807) is 0 Å². The number of hydrogen-bond acceptors (Lipinski definition) is 2. The summed E-state index contributed by atoms with van der Waals surface area (Å²) < 4.78 is 4.99. The molecule has 1 aliphatic rings. The molecular weight excluding hydrogens is 961 g/mol. The van der Waals surface area contributed by atoms with Gasteiger partial charge in [0.1, 0.15) is 0 Å². The van der Waals surface area contributed by atoms with Gasteiger partial charge < -0.3 is 9.47 Å². The summed E-state index contributed by atoms with van der Waals surface area (Å²) in [6.07, 6.45) is 0. The average molecular weight is 1010 g/mol. The summed E-state index contributed by atoms with van der Waals surface area (Å²) in [5, 5.41) is 12.8. The second-order valence-electron chi connectivity index (χ2n) is 21.6. The Morgan fingerprint density at radius 3 is 1.44 bits per heavy atom. The minimum absolute atomic E-state index is 0.0706. The van der Waals surface area contributed by atoms with Gasteiger partial charge in [0.25, 0.3) is 0 Å². The SMILES string of the molecule is CC1(C)c2ccccc2-c2ccc(-c3ccc4c(c3)c3cc(-c5ccc(N(c6ccc(-c7ccc8c9ccccc9c9ccccc9c8c7)cc6)c6cccc7c6sc6ccccc67)cc5)ccc3n4-c3ccccc3)cc21. The van der Waals surface area contributed by atoms with Gasteiger partial charge in [-0.3, -0.25) is 0 Å². The standard InChI is InChI=1S/C75H50N2S/c1-75(2)68-24-12-10-21-61(68)62-40-32-52(46-69(62)75)51-34-42-71-67(45-51)66-44-50(33-41-70(66)77(71)53-15-4-3-5-16-53)48-29-37-55(38-30-48)76(72-25-14-23-64-63-22-11-13-26-73(63)78-74(64)72)54-35-27-47(28-36-54)49-31-39-60-58-19-7-6-17-56(58)57-18-8-9-20-59(57)65(60)43-49/h3-46H,1-2H3. The van der Waals surface area contributed by atoms with Crippen LogP contribution < -0.4 is 4.90 Å². The van der Waals surface area contributed by atoms with Gasteiger partial charge in [-0.05, 0) is 173 Å². The number of anilines is 3. The molecule has 0 fully saturated rings. The second-order valence-corrected chi connectivity index (χ2v) is 22.7. The molecule has 16 rings (SSSR count). The normalized spacial score (nSPS) is 12.8. The molecule has 2 aromatic heterocycles. The van der Waals surface area contributed by atoms with Crippen LogP contribution in [0.15, 0.2) is 267 Å². The van der Waals surface area contributed by atoms with E-state index in [0.717, 1.165) is 17.1 Å². The van der Waals surface area contributed by atoms with E-state index < -0.39 is 0 Å². The van der Waals surface area contributed by atoms with Gasteiger partial charge in [0.2, 0.25) is 0 Å². The monoisotopic (exact) mass is 1010 g/mol. The lowest BCUT2D eigenvalue weighted by Crippen LogP contribution is -2.14. The van der Waals surface area contributed by atoms with E-state index in [-0.39, 0.29) is 5.41 Å². The van der Waals surface area contributed by atoms with Crippen molar-refractivity contribution in [3.05, 3.63) is 278 Å². The summed E-state index contributed by atoms with van der Waals surface area (Å²) in [6, 6.07) is 99.4. The van der Waals surface area contributed by atoms with Crippen molar-refractivity contribution in [2.75, 3.05) is 4.90 Å². The topological polar surface area (TPSA) is 8.17 Å². The first-order valence-corrected chi connectivity index (χ1v) is 27.9. The van der Waals surface area contributed by atoms with Crippen LogP contribution in [0.1, 0.15) is 25.0 Å². The van der Waals surface area contributed by atoms with Crippen LogP contribution in [-0.4, -0.2) is 4.57 Å². The van der Waals surface area contributed by atoms with Gasteiger partial charge in [0.05, 0.1) is 21.4 Å². The highest BCUT2D eigenvalue weighted by Gasteiger charge is 2.35. The fourth-order valence-electron chi connectivity index (χ4n) is 13.2. The van der Waals surface area contributed by atoms with Crippen molar-refractivity contribution in [1.82, 2.24) is 4.57 Å². The van der Waals surface area contributed by atoms with Crippen molar-refractivity contribution in [1.29, 1.82) is 0 Å². The van der Waals surface area contributed by atoms with Crippen LogP contribution in [0.3, 0.4) is 0 Å². The van der Waals surface area contributed by atoms with Gasteiger partial charge in [0, 0.05) is 48.7 Å². The molecule has 0 radical (unpaired) electrons. The molecule has 0 aliphatic heterocycles. The minimum Gasteiger partial charge on any atom is -0.309 e. The molecule has 0 unspecified atom stereocenters. The van der Waals surface area contributed by atoms with Crippen molar-refractivity contribution >= 4 is 103 Å². The quantitative estimate of drug-likeness (QED) is 0.144. The Balaban J connectivity index is 0.803. The van der Waals surface area contributed by atoms with E-state index in [1.807, 2.05) is 11.3 Å². The molecule has 2 nitrogen and oxygen atoms in total. The highest BCUT2D eigenvalue weighted by molar-refractivity contribution is 7.26. The Bertz CT molecular complexity index is 4890. The van der Waals surface area contributed by atoms with E-state index >= 15 is 0 Å². The van der Waals surface area contributed by atoms with Crippen LogP contribution in [0.5, 0.6) is 0 Å². The molecule has 1 aliphatic carbocycles. The van der Waals surface area contributed by atoms with Gasteiger partial charge in [-0.25, -0.2) is 0 Å². The predicted molar refractivity (Wildman–Crippen MR) is 335 cm³/mol. The number of aromatic nitrogens is 1. The largest absolute Gasteiger partial charge is 0.309 e. The molecule has 15 aromatic rings. The van der Waals surface area contributed by atoms with E-state index in [1.165, 1.54) is 136 Å². The van der Waals surface area contributed by atoms with E-state index in [9.17, 15) is 0 Å². The number of para-hydroxylation sites is 1. The molecule has 78 heavy (non-hydrogen) atoms. The number of thiophene rings is 1. The van der Waals surface area contributed by atoms with Gasteiger partial charge in [-0.1, -0.05) is 196 Å². The first-order chi connectivity index (χ1) is 38.4. The third kappa shape index (κ3) is 6.81. The zero-order valence-electron chi connectivity index (χ0n) is 43.2. The van der Waals surface area contributed by atoms with Crippen LogP contribution >= 0.6 is 11.3 Å². The third-order valence-electron chi connectivity index (χ3n) is 17.0. The van der Waals surface area contributed by atoms with Crippen LogP contribution in [0.4, 0.5) is 17.1 Å².